The van der Waals surface area contributed by atoms with Gasteiger partial charge in [-0.2, -0.15) is 0 Å². The van der Waals surface area contributed by atoms with Gasteiger partial charge in [-0.25, -0.2) is 15.0 Å². The first kappa shape index (κ1) is 14.4. The van der Waals surface area contributed by atoms with Gasteiger partial charge in [-0.1, -0.05) is 13.8 Å². The molecule has 0 aliphatic heterocycles. The predicted octanol–water partition coefficient (Wildman–Crippen LogP) is 1.88. The summed E-state index contributed by atoms with van der Waals surface area (Å²) < 4.78 is 0. The number of carbonyl (C=O) groups is 1. The van der Waals surface area contributed by atoms with Crippen molar-refractivity contribution in [3.63, 3.8) is 0 Å². The molecule has 0 atom stereocenters. The number of nitrogens with one attached hydrogen (secondary N) is 1. The van der Waals surface area contributed by atoms with Crippen molar-refractivity contribution in [1.29, 1.82) is 0 Å². The molecule has 0 aliphatic carbocycles. The summed E-state index contributed by atoms with van der Waals surface area (Å²) in [5.74, 6) is 0.442. The molecule has 2 aromatic heterocycles. The van der Waals surface area contributed by atoms with Crippen molar-refractivity contribution in [2.45, 2.75) is 33.2 Å². The summed E-state index contributed by atoms with van der Waals surface area (Å²) in [5, 5.41) is 5.57. The number of anilines is 1. The van der Waals surface area contributed by atoms with E-state index in [4.69, 9.17) is 5.73 Å². The molecule has 7 heteroatoms. The number of hydrogen-bond donors (Lipinski definition) is 2. The number of amides is 1. The third-order valence-electron chi connectivity index (χ3n) is 2.63. The third kappa shape index (κ3) is 3.30. The number of carbonyl (C=O) groups excluding carboxylic acids is 1. The standard InChI is InChI=1S/C13H17N5OS/c1-7(2)12-15-4-9(14)11(18-12)13(19)16-5-10-17-8(3)6-20-10/h4,6-7H,5,14H2,1-3H3,(H,16,19). The molecule has 0 aromatic carbocycles. The Labute approximate surface area is 121 Å². The summed E-state index contributed by atoms with van der Waals surface area (Å²) in [4.78, 5) is 24.7. The van der Waals surface area contributed by atoms with Crippen LogP contribution in [0.3, 0.4) is 0 Å². The van der Waals surface area contributed by atoms with Gasteiger partial charge in [0, 0.05) is 17.0 Å². The second kappa shape index (κ2) is 5.96. The Hall–Kier alpha value is -2.02. The van der Waals surface area contributed by atoms with Gasteiger partial charge in [-0.05, 0) is 6.92 Å². The highest BCUT2D eigenvalue weighted by Gasteiger charge is 2.15. The normalized spacial score (nSPS) is 10.8. The van der Waals surface area contributed by atoms with Crippen LogP contribution >= 0.6 is 11.3 Å². The summed E-state index contributed by atoms with van der Waals surface area (Å²) in [5.41, 5.74) is 7.21. The van der Waals surface area contributed by atoms with Crippen LogP contribution in [0.15, 0.2) is 11.6 Å². The molecule has 0 saturated carbocycles. The summed E-state index contributed by atoms with van der Waals surface area (Å²) in [7, 11) is 0. The Balaban J connectivity index is 2.10. The van der Waals surface area contributed by atoms with E-state index in [1.165, 1.54) is 17.5 Å². The molecule has 106 valence electrons. The average Bonchev–Trinajstić information content (AvgIpc) is 2.82. The Kier molecular flexibility index (Phi) is 4.29. The lowest BCUT2D eigenvalue weighted by Crippen LogP contribution is -2.25. The maximum absolute atomic E-state index is 12.1. The van der Waals surface area contributed by atoms with E-state index in [0.29, 0.717) is 12.4 Å². The van der Waals surface area contributed by atoms with Crippen LogP contribution < -0.4 is 11.1 Å². The van der Waals surface area contributed by atoms with Crippen molar-refractivity contribution in [1.82, 2.24) is 20.3 Å². The fourth-order valence-corrected chi connectivity index (χ4v) is 2.30. The van der Waals surface area contributed by atoms with Crippen molar-refractivity contribution in [3.8, 4) is 0 Å². The molecule has 0 bridgehead atoms. The molecule has 1 amide bonds. The molecule has 20 heavy (non-hydrogen) atoms. The summed E-state index contributed by atoms with van der Waals surface area (Å²) in [6.45, 7) is 6.22. The van der Waals surface area contributed by atoms with Crippen LogP contribution in [-0.4, -0.2) is 20.9 Å². The van der Waals surface area contributed by atoms with E-state index >= 15 is 0 Å². The topological polar surface area (TPSA) is 93.8 Å². The monoisotopic (exact) mass is 291 g/mol. The van der Waals surface area contributed by atoms with E-state index in [0.717, 1.165) is 10.7 Å². The molecule has 0 fully saturated rings. The third-order valence-corrected chi connectivity index (χ3v) is 3.60. The fourth-order valence-electron chi connectivity index (χ4n) is 1.59. The van der Waals surface area contributed by atoms with E-state index in [1.54, 1.807) is 0 Å². The van der Waals surface area contributed by atoms with Gasteiger partial charge in [0.25, 0.3) is 5.91 Å². The SMILES string of the molecule is Cc1csc(CNC(=O)c2nc(C(C)C)ncc2N)n1. The Morgan fingerprint density at radius 1 is 1.45 bits per heavy atom. The smallest absolute Gasteiger partial charge is 0.272 e. The lowest BCUT2D eigenvalue weighted by atomic mass is 10.2. The van der Waals surface area contributed by atoms with Gasteiger partial charge in [-0.3, -0.25) is 4.79 Å². The van der Waals surface area contributed by atoms with Crippen molar-refractivity contribution in [3.05, 3.63) is 33.8 Å². The van der Waals surface area contributed by atoms with Crippen LogP contribution in [0.25, 0.3) is 0 Å². The zero-order valence-electron chi connectivity index (χ0n) is 11.7. The van der Waals surface area contributed by atoms with E-state index in [-0.39, 0.29) is 23.2 Å². The number of nitrogens with zero attached hydrogens (tertiary/aromatic N) is 3. The molecule has 0 radical (unpaired) electrons. The zero-order chi connectivity index (χ0) is 14.7. The van der Waals surface area contributed by atoms with Crippen molar-refractivity contribution in [2.24, 2.45) is 0 Å². The molecule has 2 aromatic rings. The highest BCUT2D eigenvalue weighted by Crippen LogP contribution is 2.14. The Morgan fingerprint density at radius 2 is 2.20 bits per heavy atom. The molecule has 0 unspecified atom stereocenters. The minimum Gasteiger partial charge on any atom is -0.396 e. The quantitative estimate of drug-likeness (QED) is 0.897. The Bertz CT molecular complexity index is 623. The Morgan fingerprint density at radius 3 is 2.80 bits per heavy atom. The minimum atomic E-state index is -0.306. The lowest BCUT2D eigenvalue weighted by Gasteiger charge is -2.08. The van der Waals surface area contributed by atoms with E-state index in [2.05, 4.69) is 20.3 Å². The second-order valence-electron chi connectivity index (χ2n) is 4.75. The number of aromatic nitrogens is 3. The van der Waals surface area contributed by atoms with Gasteiger partial charge >= 0.3 is 0 Å². The highest BCUT2D eigenvalue weighted by atomic mass is 32.1. The van der Waals surface area contributed by atoms with E-state index in [9.17, 15) is 4.79 Å². The van der Waals surface area contributed by atoms with Crippen LogP contribution in [0.5, 0.6) is 0 Å². The number of thiazole rings is 1. The molecular formula is C13H17N5OS. The average molecular weight is 291 g/mol. The van der Waals surface area contributed by atoms with Crippen LogP contribution in [0.4, 0.5) is 5.69 Å². The number of rotatable bonds is 4. The molecule has 2 rings (SSSR count). The highest BCUT2D eigenvalue weighted by molar-refractivity contribution is 7.09. The van der Waals surface area contributed by atoms with Gasteiger partial charge in [0.2, 0.25) is 0 Å². The fraction of sp³-hybridized carbons (Fsp3) is 0.385. The molecule has 0 aliphatic rings. The number of hydrogen-bond acceptors (Lipinski definition) is 6. The second-order valence-corrected chi connectivity index (χ2v) is 5.69. The predicted molar refractivity (Wildman–Crippen MR) is 78.6 cm³/mol. The van der Waals surface area contributed by atoms with Gasteiger partial charge in [0.05, 0.1) is 18.4 Å². The lowest BCUT2D eigenvalue weighted by molar-refractivity contribution is 0.0946. The van der Waals surface area contributed by atoms with Crippen LogP contribution in [0.1, 0.15) is 46.8 Å². The van der Waals surface area contributed by atoms with Gasteiger partial charge < -0.3 is 11.1 Å². The van der Waals surface area contributed by atoms with Gasteiger partial charge in [0.1, 0.15) is 10.8 Å². The number of nitrogen functional groups attached to an aromatic ring is 1. The molecule has 6 nitrogen and oxygen atoms in total. The first-order chi connectivity index (χ1) is 9.47. The maximum atomic E-state index is 12.1. The summed E-state index contributed by atoms with van der Waals surface area (Å²) in [6, 6.07) is 0. The summed E-state index contributed by atoms with van der Waals surface area (Å²) >= 11 is 1.51. The largest absolute Gasteiger partial charge is 0.396 e. The zero-order valence-corrected chi connectivity index (χ0v) is 12.5. The first-order valence-corrected chi connectivity index (χ1v) is 7.17. The molecular weight excluding hydrogens is 274 g/mol. The van der Waals surface area contributed by atoms with Gasteiger partial charge in [-0.15, -0.1) is 11.3 Å². The van der Waals surface area contributed by atoms with Gasteiger partial charge in [0.15, 0.2) is 5.69 Å². The van der Waals surface area contributed by atoms with Crippen LogP contribution in [0, 0.1) is 6.92 Å². The molecule has 3 N–H and O–H groups in total. The van der Waals surface area contributed by atoms with Crippen molar-refractivity contribution >= 4 is 22.9 Å². The summed E-state index contributed by atoms with van der Waals surface area (Å²) in [6.07, 6.45) is 1.48. The first-order valence-electron chi connectivity index (χ1n) is 6.29. The number of aryl methyl sites for hydroxylation is 1. The van der Waals surface area contributed by atoms with Crippen LogP contribution in [-0.2, 0) is 6.54 Å². The molecule has 0 saturated heterocycles. The maximum Gasteiger partial charge on any atom is 0.272 e. The van der Waals surface area contributed by atoms with Crippen molar-refractivity contribution in [2.75, 3.05) is 5.73 Å². The molecule has 2 heterocycles. The van der Waals surface area contributed by atoms with Crippen molar-refractivity contribution < 1.29 is 4.79 Å². The van der Waals surface area contributed by atoms with Crippen LogP contribution in [0.2, 0.25) is 0 Å². The molecule has 0 spiro atoms. The van der Waals surface area contributed by atoms with E-state index < -0.39 is 0 Å². The van der Waals surface area contributed by atoms with E-state index in [1.807, 2.05) is 26.2 Å². The number of nitrogens with two attached hydrogens (primary N) is 1. The minimum absolute atomic E-state index is 0.142.